The third-order valence-electron chi connectivity index (χ3n) is 4.43. The molecule has 1 atom stereocenters. The number of nitrogens with two attached hydrogens (primary N) is 1. The average molecular weight is 441 g/mol. The maximum atomic E-state index is 11.7. The van der Waals surface area contributed by atoms with Gasteiger partial charge in [-0.25, -0.2) is 0 Å². The van der Waals surface area contributed by atoms with Gasteiger partial charge in [-0.05, 0) is 50.3 Å². The van der Waals surface area contributed by atoms with Crippen molar-refractivity contribution in [3.05, 3.63) is 29.3 Å². The number of unbranched alkanes of at least 4 members (excludes halogenated alkanes) is 1. The summed E-state index contributed by atoms with van der Waals surface area (Å²) in [5, 5.41) is 10.5. The number of nitrogens with one attached hydrogen (secondary N) is 1. The van der Waals surface area contributed by atoms with E-state index in [2.05, 4.69) is 12.2 Å². The molecule has 0 aliphatic rings. The number of carbonyl (C=O) groups excluding carboxylic acids is 1. The minimum atomic E-state index is -0.0568. The number of rotatable bonds is 16. The van der Waals surface area contributed by atoms with Gasteiger partial charge in [0.15, 0.2) is 0 Å². The van der Waals surface area contributed by atoms with E-state index in [-0.39, 0.29) is 18.6 Å². The number of ether oxygens (including phenoxy) is 3. The molecule has 0 fully saturated rings. The monoisotopic (exact) mass is 440 g/mol. The molecule has 0 bridgehead atoms. The number of benzene rings is 1. The van der Waals surface area contributed by atoms with Crippen LogP contribution in [0.25, 0.3) is 0 Å². The lowest BCUT2D eigenvalue weighted by Gasteiger charge is -2.14. The average Bonchev–Trinajstić information content (AvgIpc) is 2.74. The van der Waals surface area contributed by atoms with Gasteiger partial charge in [0.1, 0.15) is 5.75 Å². The minimum Gasteiger partial charge on any atom is -0.493 e. The molecule has 1 amide bonds. The second-order valence-electron chi connectivity index (χ2n) is 7.48. The molecule has 31 heavy (non-hydrogen) atoms. The van der Waals surface area contributed by atoms with Crippen LogP contribution in [-0.4, -0.2) is 57.1 Å². The fourth-order valence-electron chi connectivity index (χ4n) is 2.70. The Kier molecular flexibility index (Phi) is 19.2. The Morgan fingerprint density at radius 3 is 2.61 bits per heavy atom. The summed E-state index contributed by atoms with van der Waals surface area (Å²) >= 11 is 0. The second-order valence-corrected chi connectivity index (χ2v) is 7.48. The van der Waals surface area contributed by atoms with Crippen molar-refractivity contribution >= 4 is 5.91 Å². The van der Waals surface area contributed by atoms with E-state index in [0.29, 0.717) is 32.8 Å². The quantitative estimate of drug-likeness (QED) is 0.341. The summed E-state index contributed by atoms with van der Waals surface area (Å²) in [6.45, 7) is 9.15. The molecule has 0 spiro atoms. The van der Waals surface area contributed by atoms with E-state index in [9.17, 15) is 4.79 Å². The van der Waals surface area contributed by atoms with Crippen LogP contribution in [0.2, 0.25) is 0 Å². The largest absolute Gasteiger partial charge is 0.493 e. The Morgan fingerprint density at radius 1 is 1.19 bits per heavy atom. The lowest BCUT2D eigenvalue weighted by Crippen LogP contribution is -2.28. The van der Waals surface area contributed by atoms with E-state index in [1.165, 1.54) is 0 Å². The van der Waals surface area contributed by atoms with Crippen LogP contribution in [-0.2, 0) is 20.9 Å². The van der Waals surface area contributed by atoms with Crippen molar-refractivity contribution in [1.29, 1.82) is 0 Å². The molecule has 0 aliphatic carbocycles. The molecule has 7 heteroatoms. The van der Waals surface area contributed by atoms with Gasteiger partial charge in [-0.2, -0.15) is 0 Å². The van der Waals surface area contributed by atoms with E-state index in [0.717, 1.165) is 55.5 Å². The number of aliphatic hydroxyl groups excluding tert-OH is 1. The molecule has 1 aromatic carbocycles. The fourth-order valence-corrected chi connectivity index (χ4v) is 2.70. The van der Waals surface area contributed by atoms with Gasteiger partial charge in [0.05, 0.1) is 19.8 Å². The summed E-state index contributed by atoms with van der Waals surface area (Å²) in [6, 6.07) is 6.05. The van der Waals surface area contributed by atoms with Gasteiger partial charge in [-0.1, -0.05) is 25.5 Å². The second kappa shape index (κ2) is 20.2. The number of hydrogen-bond donors (Lipinski definition) is 3. The number of carbonyl (C=O) groups is 1. The van der Waals surface area contributed by atoms with Gasteiger partial charge in [-0.3, -0.25) is 4.79 Å². The van der Waals surface area contributed by atoms with E-state index in [1.54, 1.807) is 14.0 Å². The number of amides is 1. The first-order valence-corrected chi connectivity index (χ1v) is 11.4. The van der Waals surface area contributed by atoms with Gasteiger partial charge >= 0.3 is 0 Å². The molecule has 0 heterocycles. The molecule has 7 nitrogen and oxygen atoms in total. The molecule has 1 unspecified atom stereocenters. The lowest BCUT2D eigenvalue weighted by atomic mass is 10.1. The first kappa shape index (κ1) is 29.3. The van der Waals surface area contributed by atoms with Crippen LogP contribution in [0.5, 0.6) is 5.75 Å². The zero-order valence-electron chi connectivity index (χ0n) is 20.0. The van der Waals surface area contributed by atoms with Crippen molar-refractivity contribution < 1.29 is 24.1 Å². The van der Waals surface area contributed by atoms with Crippen LogP contribution in [0.3, 0.4) is 0 Å². The number of methoxy groups -OCH3 is 1. The summed E-state index contributed by atoms with van der Waals surface area (Å²) in [5.41, 5.74) is 8.27. The standard InChI is InChI=1S/C22H38N2O4.C2H6O/c1-4-5-12-24-22(25)9-6-8-20(23)17-27-16-19-11-10-18(2)21(15-19)28-14-7-13-26-3;1-2-3/h10-11,15,20H,4-9,12-14,16-17,23H2,1-3H3,(H,24,25);3H,2H2,1H3. The molecule has 0 radical (unpaired) electrons. The Morgan fingerprint density at radius 2 is 1.94 bits per heavy atom. The highest BCUT2D eigenvalue weighted by molar-refractivity contribution is 5.75. The summed E-state index contributed by atoms with van der Waals surface area (Å²) in [4.78, 5) is 11.7. The SMILES string of the molecule is CCCCNC(=O)CCCC(N)COCc1ccc(C)c(OCCCOC)c1.CCO. The number of aliphatic hydroxyl groups is 1. The highest BCUT2D eigenvalue weighted by Gasteiger charge is 2.07. The molecule has 4 N–H and O–H groups in total. The zero-order valence-corrected chi connectivity index (χ0v) is 20.0. The van der Waals surface area contributed by atoms with Gasteiger partial charge in [0.25, 0.3) is 0 Å². The van der Waals surface area contributed by atoms with Crippen molar-refractivity contribution in [1.82, 2.24) is 5.32 Å². The van der Waals surface area contributed by atoms with Crippen LogP contribution in [0.15, 0.2) is 18.2 Å². The highest BCUT2D eigenvalue weighted by Crippen LogP contribution is 2.20. The smallest absolute Gasteiger partial charge is 0.219 e. The third-order valence-corrected chi connectivity index (χ3v) is 4.43. The van der Waals surface area contributed by atoms with Crippen LogP contribution < -0.4 is 15.8 Å². The topological polar surface area (TPSA) is 103 Å². The fraction of sp³-hybridized carbons (Fsp3) is 0.708. The Bertz CT molecular complexity index is 569. The predicted molar refractivity (Wildman–Crippen MR) is 125 cm³/mol. The van der Waals surface area contributed by atoms with Gasteiger partial charge in [-0.15, -0.1) is 0 Å². The first-order valence-electron chi connectivity index (χ1n) is 11.4. The lowest BCUT2D eigenvalue weighted by molar-refractivity contribution is -0.121. The molecular weight excluding hydrogens is 396 g/mol. The summed E-state index contributed by atoms with van der Waals surface area (Å²) in [6.07, 6.45) is 5.07. The molecule has 0 aromatic heterocycles. The van der Waals surface area contributed by atoms with Crippen molar-refractivity contribution in [2.75, 3.05) is 40.1 Å². The maximum absolute atomic E-state index is 11.7. The van der Waals surface area contributed by atoms with Crippen LogP contribution in [0.4, 0.5) is 0 Å². The third kappa shape index (κ3) is 16.7. The first-order chi connectivity index (χ1) is 15.0. The molecule has 1 aromatic rings. The molecule has 1 rings (SSSR count). The summed E-state index contributed by atoms with van der Waals surface area (Å²) in [7, 11) is 1.69. The van der Waals surface area contributed by atoms with Crippen LogP contribution >= 0.6 is 0 Å². The van der Waals surface area contributed by atoms with Crippen molar-refractivity contribution in [2.45, 2.75) is 71.9 Å². The Balaban J connectivity index is 0.00000282. The zero-order chi connectivity index (χ0) is 23.3. The Hall–Kier alpha value is -1.67. The van der Waals surface area contributed by atoms with Crippen molar-refractivity contribution in [3.63, 3.8) is 0 Å². The van der Waals surface area contributed by atoms with E-state index in [1.807, 2.05) is 25.1 Å². The van der Waals surface area contributed by atoms with E-state index in [4.69, 9.17) is 25.1 Å². The van der Waals surface area contributed by atoms with E-state index < -0.39 is 0 Å². The number of hydrogen-bond acceptors (Lipinski definition) is 6. The normalized spacial score (nSPS) is 11.4. The molecule has 0 saturated heterocycles. The maximum Gasteiger partial charge on any atom is 0.219 e. The summed E-state index contributed by atoms with van der Waals surface area (Å²) in [5.74, 6) is 0.995. The van der Waals surface area contributed by atoms with Gasteiger partial charge in [0.2, 0.25) is 5.91 Å². The summed E-state index contributed by atoms with van der Waals surface area (Å²) < 4.78 is 16.6. The van der Waals surface area contributed by atoms with Crippen molar-refractivity contribution in [2.24, 2.45) is 5.73 Å². The van der Waals surface area contributed by atoms with Crippen LogP contribution in [0.1, 0.15) is 63.5 Å². The van der Waals surface area contributed by atoms with E-state index >= 15 is 0 Å². The van der Waals surface area contributed by atoms with Gasteiger partial charge < -0.3 is 30.4 Å². The Labute approximate surface area is 188 Å². The molecule has 180 valence electrons. The minimum absolute atomic E-state index is 0.0568. The van der Waals surface area contributed by atoms with Crippen LogP contribution in [0, 0.1) is 6.92 Å². The van der Waals surface area contributed by atoms with Crippen molar-refractivity contribution in [3.8, 4) is 5.75 Å². The van der Waals surface area contributed by atoms with Gasteiger partial charge in [0, 0.05) is 45.8 Å². The predicted octanol–water partition coefficient (Wildman–Crippen LogP) is 3.34. The molecule has 0 aliphatic heterocycles. The molecular formula is C24H44N2O5. The molecule has 0 saturated carbocycles. The highest BCUT2D eigenvalue weighted by atomic mass is 16.5. The number of aryl methyl sites for hydroxylation is 1.